The molecule has 0 aliphatic heterocycles. The van der Waals surface area contributed by atoms with Crippen molar-refractivity contribution in [3.8, 4) is 0 Å². The molecule has 0 fully saturated rings. The summed E-state index contributed by atoms with van der Waals surface area (Å²) in [5.74, 6) is -0.750. The van der Waals surface area contributed by atoms with Gasteiger partial charge in [0.05, 0.1) is 11.8 Å². The molecule has 0 aromatic heterocycles. The van der Waals surface area contributed by atoms with Crippen molar-refractivity contribution in [1.29, 1.82) is 0 Å². The maximum Gasteiger partial charge on any atom is 0.241 e. The quantitative estimate of drug-likeness (QED) is 0.773. The second-order valence-corrected chi connectivity index (χ2v) is 7.80. The van der Waals surface area contributed by atoms with Gasteiger partial charge in [-0.1, -0.05) is 19.1 Å². The van der Waals surface area contributed by atoms with Crippen LogP contribution >= 0.6 is 0 Å². The van der Waals surface area contributed by atoms with Crippen molar-refractivity contribution in [3.05, 3.63) is 35.6 Å². The minimum Gasteiger partial charge on any atom is -0.335 e. The van der Waals surface area contributed by atoms with Gasteiger partial charge in [0, 0.05) is 6.54 Å². The number of benzene rings is 1. The molecule has 0 saturated heterocycles. The number of hydrogen-bond donors (Lipinski definition) is 0. The molecule has 6 heteroatoms. The lowest BCUT2D eigenvalue weighted by Crippen LogP contribution is -2.43. The number of amides is 1. The molecule has 1 aromatic carbocycles. The highest BCUT2D eigenvalue weighted by atomic mass is 32.2. The standard InChI is InChI=1S/C16H24FNO3S/c1-5-11-22(20,21)13(4)16(19)18(6-2)12(3)14-7-9-15(17)10-8-14/h7-10,12-13H,5-6,11H2,1-4H3. The normalized spacial score (nSPS) is 14.4. The first kappa shape index (κ1) is 18.6. The number of halogens is 1. The van der Waals surface area contributed by atoms with E-state index in [-0.39, 0.29) is 17.6 Å². The predicted molar refractivity (Wildman–Crippen MR) is 85.7 cm³/mol. The molecule has 0 aliphatic rings. The molecule has 0 bridgehead atoms. The number of rotatable bonds is 7. The molecule has 22 heavy (non-hydrogen) atoms. The van der Waals surface area contributed by atoms with Crippen molar-refractivity contribution in [3.63, 3.8) is 0 Å². The Morgan fingerprint density at radius 1 is 1.18 bits per heavy atom. The minimum atomic E-state index is -3.44. The second-order valence-electron chi connectivity index (χ2n) is 5.36. The van der Waals surface area contributed by atoms with Gasteiger partial charge >= 0.3 is 0 Å². The third-order valence-corrected chi connectivity index (χ3v) is 6.08. The van der Waals surface area contributed by atoms with Crippen LogP contribution < -0.4 is 0 Å². The molecule has 2 atom stereocenters. The Labute approximate surface area is 132 Å². The number of carbonyl (C=O) groups excluding carboxylic acids is 1. The van der Waals surface area contributed by atoms with Crippen LogP contribution in [0.4, 0.5) is 4.39 Å². The maximum absolute atomic E-state index is 13.0. The molecular weight excluding hydrogens is 305 g/mol. The molecule has 0 aliphatic carbocycles. The van der Waals surface area contributed by atoms with Gasteiger partial charge < -0.3 is 4.90 Å². The first-order valence-corrected chi connectivity index (χ1v) is 9.23. The monoisotopic (exact) mass is 329 g/mol. The molecule has 1 amide bonds. The van der Waals surface area contributed by atoms with Crippen molar-refractivity contribution >= 4 is 15.7 Å². The largest absolute Gasteiger partial charge is 0.335 e. The molecule has 0 heterocycles. The summed E-state index contributed by atoms with van der Waals surface area (Å²) in [6.45, 7) is 7.22. The van der Waals surface area contributed by atoms with Crippen molar-refractivity contribution in [2.75, 3.05) is 12.3 Å². The van der Waals surface area contributed by atoms with Crippen LogP contribution in [0.5, 0.6) is 0 Å². The Balaban J connectivity index is 2.99. The molecule has 124 valence electrons. The average molecular weight is 329 g/mol. The van der Waals surface area contributed by atoms with Crippen molar-refractivity contribution in [2.24, 2.45) is 0 Å². The van der Waals surface area contributed by atoms with E-state index in [1.165, 1.54) is 24.0 Å². The fourth-order valence-electron chi connectivity index (χ4n) is 2.39. The summed E-state index contributed by atoms with van der Waals surface area (Å²) in [5, 5.41) is -1.06. The van der Waals surface area contributed by atoms with E-state index in [0.29, 0.717) is 13.0 Å². The van der Waals surface area contributed by atoms with Crippen molar-refractivity contribution in [1.82, 2.24) is 4.90 Å². The van der Waals surface area contributed by atoms with E-state index < -0.39 is 21.0 Å². The molecule has 0 radical (unpaired) electrons. The average Bonchev–Trinajstić information content (AvgIpc) is 2.47. The van der Waals surface area contributed by atoms with E-state index in [4.69, 9.17) is 0 Å². The Bertz CT molecular complexity index is 598. The van der Waals surface area contributed by atoms with E-state index in [1.807, 2.05) is 6.92 Å². The fraction of sp³-hybridized carbons (Fsp3) is 0.562. The number of hydrogen-bond acceptors (Lipinski definition) is 3. The summed E-state index contributed by atoms with van der Waals surface area (Å²) in [6, 6.07) is 5.59. The molecule has 0 saturated carbocycles. The lowest BCUT2D eigenvalue weighted by molar-refractivity contribution is -0.132. The van der Waals surface area contributed by atoms with Gasteiger partial charge in [-0.05, 0) is 44.9 Å². The zero-order valence-corrected chi connectivity index (χ0v) is 14.4. The third kappa shape index (κ3) is 4.29. The minimum absolute atomic E-state index is 0.00237. The lowest BCUT2D eigenvalue weighted by Gasteiger charge is -2.30. The summed E-state index contributed by atoms with van der Waals surface area (Å²) in [5.41, 5.74) is 0.775. The maximum atomic E-state index is 13.0. The molecular formula is C16H24FNO3S. The van der Waals surface area contributed by atoms with Crippen molar-refractivity contribution < 1.29 is 17.6 Å². The van der Waals surface area contributed by atoms with Crippen LogP contribution in [0.1, 0.15) is 45.7 Å². The smallest absolute Gasteiger partial charge is 0.241 e. The fourth-order valence-corrected chi connectivity index (χ4v) is 3.76. The molecule has 0 spiro atoms. The molecule has 0 N–H and O–H groups in total. The van der Waals surface area contributed by atoms with Crippen LogP contribution in [0.2, 0.25) is 0 Å². The Morgan fingerprint density at radius 2 is 1.73 bits per heavy atom. The topological polar surface area (TPSA) is 54.5 Å². The van der Waals surface area contributed by atoms with E-state index >= 15 is 0 Å². The highest BCUT2D eigenvalue weighted by Gasteiger charge is 2.32. The van der Waals surface area contributed by atoms with Gasteiger partial charge in [-0.15, -0.1) is 0 Å². The first-order valence-electron chi connectivity index (χ1n) is 7.52. The molecule has 2 unspecified atom stereocenters. The van der Waals surface area contributed by atoms with Crippen LogP contribution in [0.25, 0.3) is 0 Å². The van der Waals surface area contributed by atoms with E-state index in [1.54, 1.807) is 26.0 Å². The summed E-state index contributed by atoms with van der Waals surface area (Å²) < 4.78 is 37.2. The second kappa shape index (κ2) is 7.72. The zero-order chi connectivity index (χ0) is 16.9. The summed E-state index contributed by atoms with van der Waals surface area (Å²) in [7, 11) is -3.44. The number of nitrogens with zero attached hydrogens (tertiary/aromatic N) is 1. The van der Waals surface area contributed by atoms with Gasteiger partial charge in [-0.3, -0.25) is 4.79 Å². The van der Waals surface area contributed by atoms with E-state index in [9.17, 15) is 17.6 Å². The Morgan fingerprint density at radius 3 is 2.18 bits per heavy atom. The van der Waals surface area contributed by atoms with Crippen LogP contribution in [0.15, 0.2) is 24.3 Å². The molecule has 1 rings (SSSR count). The third-order valence-electron chi connectivity index (χ3n) is 3.82. The highest BCUT2D eigenvalue weighted by Crippen LogP contribution is 2.22. The Kier molecular flexibility index (Phi) is 6.53. The predicted octanol–water partition coefficient (Wildman–Crippen LogP) is 2.95. The number of carbonyl (C=O) groups is 1. The van der Waals surface area contributed by atoms with Gasteiger partial charge in [0.1, 0.15) is 11.1 Å². The van der Waals surface area contributed by atoms with Crippen LogP contribution in [0.3, 0.4) is 0 Å². The van der Waals surface area contributed by atoms with Gasteiger partial charge in [-0.2, -0.15) is 0 Å². The van der Waals surface area contributed by atoms with Gasteiger partial charge in [-0.25, -0.2) is 12.8 Å². The first-order chi connectivity index (χ1) is 10.2. The number of sulfone groups is 1. The van der Waals surface area contributed by atoms with Gasteiger partial charge in [0.2, 0.25) is 5.91 Å². The van der Waals surface area contributed by atoms with Gasteiger partial charge in [0.25, 0.3) is 0 Å². The summed E-state index contributed by atoms with van der Waals surface area (Å²) >= 11 is 0. The highest BCUT2D eigenvalue weighted by molar-refractivity contribution is 7.92. The summed E-state index contributed by atoms with van der Waals surface area (Å²) in [4.78, 5) is 14.1. The SMILES string of the molecule is CCCS(=O)(=O)C(C)C(=O)N(CC)C(C)c1ccc(F)cc1. The zero-order valence-electron chi connectivity index (χ0n) is 13.5. The van der Waals surface area contributed by atoms with Gasteiger partial charge in [0.15, 0.2) is 9.84 Å². The van der Waals surface area contributed by atoms with Crippen LogP contribution in [-0.4, -0.2) is 36.8 Å². The molecule has 4 nitrogen and oxygen atoms in total. The van der Waals surface area contributed by atoms with E-state index in [0.717, 1.165) is 5.56 Å². The lowest BCUT2D eigenvalue weighted by atomic mass is 10.1. The Hall–Kier alpha value is -1.43. The van der Waals surface area contributed by atoms with E-state index in [2.05, 4.69) is 0 Å². The molecule has 1 aromatic rings. The van der Waals surface area contributed by atoms with Crippen LogP contribution in [-0.2, 0) is 14.6 Å². The van der Waals surface area contributed by atoms with Crippen molar-refractivity contribution in [2.45, 2.75) is 45.4 Å². The van der Waals surface area contributed by atoms with Crippen LogP contribution in [0, 0.1) is 5.82 Å². The summed E-state index contributed by atoms with van der Waals surface area (Å²) in [6.07, 6.45) is 0.486.